The summed E-state index contributed by atoms with van der Waals surface area (Å²) in [6, 6.07) is 1.37. The van der Waals surface area contributed by atoms with Crippen LogP contribution < -0.4 is 17.0 Å². The van der Waals surface area contributed by atoms with Crippen LogP contribution in [0.15, 0.2) is 21.9 Å². The second-order valence-corrected chi connectivity index (χ2v) is 4.82. The van der Waals surface area contributed by atoms with E-state index in [2.05, 4.69) is 0 Å². The van der Waals surface area contributed by atoms with Gasteiger partial charge in [0.25, 0.3) is 5.56 Å². The fourth-order valence-electron chi connectivity index (χ4n) is 1.81. The van der Waals surface area contributed by atoms with E-state index in [1.165, 1.54) is 26.3 Å². The molecule has 1 aromatic heterocycles. The highest BCUT2D eigenvalue weighted by Gasteiger charge is 2.07. The molecule has 0 aliphatic carbocycles. The maximum absolute atomic E-state index is 12.1. The molecule has 2 N–H and O–H groups in total. The molecular formula is C13H22N4O3. The maximum atomic E-state index is 12.1. The maximum Gasteiger partial charge on any atom is 0.330 e. The van der Waals surface area contributed by atoms with Crippen molar-refractivity contribution in [1.82, 2.24) is 14.0 Å². The van der Waals surface area contributed by atoms with Crippen LogP contribution in [0.4, 0.5) is 0 Å². The fourth-order valence-corrected chi connectivity index (χ4v) is 1.81. The Morgan fingerprint density at radius 1 is 1.25 bits per heavy atom. The Morgan fingerprint density at radius 3 is 2.55 bits per heavy atom. The minimum atomic E-state index is -0.344. The first kappa shape index (κ1) is 16.2. The van der Waals surface area contributed by atoms with Crippen LogP contribution in [-0.2, 0) is 17.9 Å². The Kier molecular flexibility index (Phi) is 6.17. The van der Waals surface area contributed by atoms with Gasteiger partial charge in [-0.3, -0.25) is 14.2 Å². The van der Waals surface area contributed by atoms with Crippen LogP contribution in [0.5, 0.6) is 0 Å². The molecular weight excluding hydrogens is 260 g/mol. The summed E-state index contributed by atoms with van der Waals surface area (Å²) >= 11 is 0. The lowest BCUT2D eigenvalue weighted by atomic mass is 10.3. The van der Waals surface area contributed by atoms with E-state index in [-0.39, 0.29) is 17.2 Å². The van der Waals surface area contributed by atoms with Crippen molar-refractivity contribution in [3.05, 3.63) is 33.1 Å². The van der Waals surface area contributed by atoms with Crippen molar-refractivity contribution >= 4 is 5.91 Å². The van der Waals surface area contributed by atoms with Crippen LogP contribution in [0, 0.1) is 0 Å². The highest BCUT2D eigenvalue weighted by Crippen LogP contribution is 1.96. The summed E-state index contributed by atoms with van der Waals surface area (Å²) in [6.07, 6.45) is 3.00. The summed E-state index contributed by atoms with van der Waals surface area (Å²) < 4.78 is 2.64. The zero-order chi connectivity index (χ0) is 15.1. The average Bonchev–Trinajstić information content (AvgIpc) is 2.41. The van der Waals surface area contributed by atoms with Gasteiger partial charge in [-0.15, -0.1) is 0 Å². The number of carbonyl (C=O) groups is 1. The van der Waals surface area contributed by atoms with Gasteiger partial charge in [-0.05, 0) is 19.4 Å². The molecule has 0 saturated carbocycles. The third-order valence-electron chi connectivity index (χ3n) is 3.01. The zero-order valence-electron chi connectivity index (χ0n) is 12.0. The van der Waals surface area contributed by atoms with E-state index in [0.717, 1.165) is 0 Å². The molecule has 0 aromatic carbocycles. The first-order valence-electron chi connectivity index (χ1n) is 6.68. The van der Waals surface area contributed by atoms with Crippen molar-refractivity contribution in [2.75, 3.05) is 20.6 Å². The van der Waals surface area contributed by atoms with Gasteiger partial charge in [0.2, 0.25) is 5.91 Å². The van der Waals surface area contributed by atoms with Crippen molar-refractivity contribution in [2.24, 2.45) is 5.73 Å². The fraction of sp³-hybridized carbons (Fsp3) is 0.615. The number of aryl methyl sites for hydroxylation is 1. The van der Waals surface area contributed by atoms with Gasteiger partial charge in [0.15, 0.2) is 0 Å². The monoisotopic (exact) mass is 282 g/mol. The number of hydrogen-bond donors (Lipinski definition) is 1. The van der Waals surface area contributed by atoms with E-state index in [4.69, 9.17) is 5.73 Å². The van der Waals surface area contributed by atoms with Gasteiger partial charge in [-0.2, -0.15) is 0 Å². The van der Waals surface area contributed by atoms with Gasteiger partial charge in [0, 0.05) is 45.9 Å². The molecule has 0 atom stereocenters. The lowest BCUT2D eigenvalue weighted by molar-refractivity contribution is -0.128. The lowest BCUT2D eigenvalue weighted by Gasteiger charge is -2.11. The molecule has 1 aromatic rings. The molecule has 7 heteroatoms. The molecule has 0 unspecified atom stereocenters. The van der Waals surface area contributed by atoms with Crippen LogP contribution in [-0.4, -0.2) is 40.6 Å². The van der Waals surface area contributed by atoms with Gasteiger partial charge < -0.3 is 15.2 Å². The van der Waals surface area contributed by atoms with Gasteiger partial charge in [0.05, 0.1) is 0 Å². The standard InChI is InChI=1S/C13H22N4O3/c1-15(2)11(18)5-3-8-16-10-6-12(19)17(13(16)20)9-4-7-14/h6,10H,3-5,7-9,14H2,1-2H3. The van der Waals surface area contributed by atoms with Crippen LogP contribution in [0.1, 0.15) is 19.3 Å². The first-order chi connectivity index (χ1) is 9.47. The molecule has 20 heavy (non-hydrogen) atoms. The number of aromatic nitrogens is 2. The Labute approximate surface area is 117 Å². The van der Waals surface area contributed by atoms with E-state index < -0.39 is 0 Å². The minimum absolute atomic E-state index is 0.0227. The Bertz CT molecular complexity index is 559. The van der Waals surface area contributed by atoms with Crippen molar-refractivity contribution in [2.45, 2.75) is 32.4 Å². The van der Waals surface area contributed by atoms with Crippen LogP contribution in [0.25, 0.3) is 0 Å². The van der Waals surface area contributed by atoms with E-state index in [1.54, 1.807) is 14.1 Å². The van der Waals surface area contributed by atoms with Crippen LogP contribution in [0.2, 0.25) is 0 Å². The molecule has 0 fully saturated rings. The molecule has 0 aliphatic rings. The quantitative estimate of drug-likeness (QED) is 0.711. The highest BCUT2D eigenvalue weighted by atomic mass is 16.2. The highest BCUT2D eigenvalue weighted by molar-refractivity contribution is 5.75. The largest absolute Gasteiger partial charge is 0.349 e. The summed E-state index contributed by atoms with van der Waals surface area (Å²) in [5.41, 5.74) is 4.73. The van der Waals surface area contributed by atoms with Gasteiger partial charge >= 0.3 is 5.69 Å². The van der Waals surface area contributed by atoms with E-state index in [9.17, 15) is 14.4 Å². The predicted molar refractivity (Wildman–Crippen MR) is 76.6 cm³/mol. The third-order valence-corrected chi connectivity index (χ3v) is 3.01. The number of nitrogens with zero attached hydrogens (tertiary/aromatic N) is 3. The topological polar surface area (TPSA) is 90.3 Å². The normalized spacial score (nSPS) is 10.6. The lowest BCUT2D eigenvalue weighted by Crippen LogP contribution is -2.39. The summed E-state index contributed by atoms with van der Waals surface area (Å²) in [5.74, 6) is 0.0227. The SMILES string of the molecule is CN(C)C(=O)CCCn1ccc(=O)n(CCCN)c1=O. The summed E-state index contributed by atoms with van der Waals surface area (Å²) in [4.78, 5) is 36.7. The van der Waals surface area contributed by atoms with Gasteiger partial charge in [-0.25, -0.2) is 4.79 Å². The van der Waals surface area contributed by atoms with Gasteiger partial charge in [-0.1, -0.05) is 0 Å². The summed E-state index contributed by atoms with van der Waals surface area (Å²) in [5, 5.41) is 0. The van der Waals surface area contributed by atoms with Crippen molar-refractivity contribution in [3.63, 3.8) is 0 Å². The second-order valence-electron chi connectivity index (χ2n) is 4.82. The van der Waals surface area contributed by atoms with E-state index >= 15 is 0 Å². The average molecular weight is 282 g/mol. The van der Waals surface area contributed by atoms with E-state index in [0.29, 0.717) is 38.9 Å². The van der Waals surface area contributed by atoms with Crippen LogP contribution in [0.3, 0.4) is 0 Å². The number of carbonyl (C=O) groups excluding carboxylic acids is 1. The third kappa shape index (κ3) is 4.34. The summed E-state index contributed by atoms with van der Waals surface area (Å²) in [7, 11) is 3.39. The zero-order valence-corrected chi connectivity index (χ0v) is 12.0. The number of amides is 1. The molecule has 0 radical (unpaired) electrons. The number of nitrogens with two attached hydrogens (primary N) is 1. The van der Waals surface area contributed by atoms with Gasteiger partial charge in [0.1, 0.15) is 0 Å². The Morgan fingerprint density at radius 2 is 1.95 bits per heavy atom. The van der Waals surface area contributed by atoms with Crippen molar-refractivity contribution in [3.8, 4) is 0 Å². The van der Waals surface area contributed by atoms with Crippen LogP contribution >= 0.6 is 0 Å². The smallest absolute Gasteiger partial charge is 0.330 e. The molecule has 1 amide bonds. The molecule has 1 rings (SSSR count). The number of rotatable bonds is 7. The van der Waals surface area contributed by atoms with E-state index in [1.807, 2.05) is 0 Å². The minimum Gasteiger partial charge on any atom is -0.349 e. The molecule has 0 aliphatic heterocycles. The first-order valence-corrected chi connectivity index (χ1v) is 6.68. The predicted octanol–water partition coefficient (Wildman–Crippen LogP) is -0.773. The Balaban J connectivity index is 2.74. The molecule has 112 valence electrons. The van der Waals surface area contributed by atoms with Crippen molar-refractivity contribution in [1.29, 1.82) is 0 Å². The molecule has 0 saturated heterocycles. The Hall–Kier alpha value is -1.89. The number of hydrogen-bond acceptors (Lipinski definition) is 4. The molecule has 0 bridgehead atoms. The molecule has 1 heterocycles. The summed E-state index contributed by atoms with van der Waals surface area (Å²) in [6.45, 7) is 1.17. The van der Waals surface area contributed by atoms with Crippen molar-refractivity contribution < 1.29 is 4.79 Å². The second kappa shape index (κ2) is 7.64. The molecule has 7 nitrogen and oxygen atoms in total. The molecule has 0 spiro atoms.